The summed E-state index contributed by atoms with van der Waals surface area (Å²) in [6.45, 7) is 0. The highest BCUT2D eigenvalue weighted by Crippen LogP contribution is 2.21. The van der Waals surface area contributed by atoms with Crippen molar-refractivity contribution in [3.05, 3.63) is 53.6 Å². The highest BCUT2D eigenvalue weighted by atomic mass is 35.5. The van der Waals surface area contributed by atoms with E-state index in [1.807, 2.05) is 18.2 Å². The number of nitrogens with one attached hydrogen (secondary N) is 1. The number of hydrogen-bond acceptors (Lipinski definition) is 3. The summed E-state index contributed by atoms with van der Waals surface area (Å²) in [5.41, 5.74) is 6.67. The molecule has 1 amide bonds. The van der Waals surface area contributed by atoms with Crippen LogP contribution in [0, 0.1) is 0 Å². The second-order valence-corrected chi connectivity index (χ2v) is 5.95. The molecule has 2 aromatic carbocycles. The Morgan fingerprint density at radius 3 is 2.55 bits per heavy atom. The van der Waals surface area contributed by atoms with Crippen molar-refractivity contribution < 1.29 is 9.00 Å². The highest BCUT2D eigenvalue weighted by molar-refractivity contribution is 7.85. The Bertz CT molecular complexity index is 647. The predicted octanol–water partition coefficient (Wildman–Crippen LogP) is 2.67. The van der Waals surface area contributed by atoms with E-state index in [0.29, 0.717) is 21.3 Å². The lowest BCUT2D eigenvalue weighted by Gasteiger charge is -2.06. The molecule has 2 aromatic rings. The molecule has 0 spiro atoms. The van der Waals surface area contributed by atoms with Crippen LogP contribution in [0.4, 0.5) is 11.4 Å². The van der Waals surface area contributed by atoms with Crippen LogP contribution >= 0.6 is 11.6 Å². The van der Waals surface area contributed by atoms with Crippen LogP contribution in [0.5, 0.6) is 0 Å². The van der Waals surface area contributed by atoms with Gasteiger partial charge in [-0.05, 0) is 30.3 Å². The number of halogens is 1. The minimum Gasteiger partial charge on any atom is -0.398 e. The molecule has 2 rings (SSSR count). The first-order valence-electron chi connectivity index (χ1n) is 5.84. The summed E-state index contributed by atoms with van der Waals surface area (Å²) in [7, 11) is -1.46. The Morgan fingerprint density at radius 2 is 1.90 bits per heavy atom. The van der Waals surface area contributed by atoms with Gasteiger partial charge in [0.25, 0.3) is 0 Å². The van der Waals surface area contributed by atoms with Gasteiger partial charge in [0.2, 0.25) is 5.91 Å². The number of hydrogen-bond donors (Lipinski definition) is 2. The van der Waals surface area contributed by atoms with Crippen molar-refractivity contribution in [2.45, 2.75) is 4.90 Å². The van der Waals surface area contributed by atoms with Crippen molar-refractivity contribution in [3.8, 4) is 0 Å². The average molecular weight is 309 g/mol. The van der Waals surface area contributed by atoms with Gasteiger partial charge in [-0.1, -0.05) is 29.8 Å². The first-order valence-corrected chi connectivity index (χ1v) is 7.54. The molecule has 0 fully saturated rings. The third kappa shape index (κ3) is 3.82. The third-order valence-electron chi connectivity index (χ3n) is 2.55. The molecule has 0 saturated carbocycles. The molecule has 0 aromatic heterocycles. The molecular weight excluding hydrogens is 296 g/mol. The van der Waals surface area contributed by atoms with Gasteiger partial charge in [0.05, 0.1) is 21.5 Å². The molecule has 0 bridgehead atoms. The largest absolute Gasteiger partial charge is 0.398 e. The summed E-state index contributed by atoms with van der Waals surface area (Å²) >= 11 is 5.86. The molecule has 4 nitrogen and oxygen atoms in total. The lowest BCUT2D eigenvalue weighted by Crippen LogP contribution is -2.19. The molecule has 104 valence electrons. The average Bonchev–Trinajstić information content (AvgIpc) is 2.42. The van der Waals surface area contributed by atoms with Gasteiger partial charge in [0, 0.05) is 10.6 Å². The first-order chi connectivity index (χ1) is 9.56. The van der Waals surface area contributed by atoms with E-state index in [1.54, 1.807) is 24.3 Å². The number of benzene rings is 2. The summed E-state index contributed by atoms with van der Waals surface area (Å²) in [5, 5.41) is 3.01. The number of rotatable bonds is 4. The fourth-order valence-electron chi connectivity index (χ4n) is 1.57. The standard InChI is InChI=1S/C14H13ClN2O2S/c15-12-8-11(6-7-13(12)16)20(19)9-14(18)17-10-4-2-1-3-5-10/h1-8H,9,16H2,(H,17,18). The van der Waals surface area contributed by atoms with Gasteiger partial charge in [-0.2, -0.15) is 0 Å². The number of nitrogen functional groups attached to an aromatic ring is 1. The topological polar surface area (TPSA) is 72.2 Å². The van der Waals surface area contributed by atoms with Crippen molar-refractivity contribution in [3.63, 3.8) is 0 Å². The maximum absolute atomic E-state index is 12.1. The van der Waals surface area contributed by atoms with Crippen molar-refractivity contribution in [1.29, 1.82) is 0 Å². The molecule has 1 unspecified atom stereocenters. The normalized spacial score (nSPS) is 11.8. The molecule has 20 heavy (non-hydrogen) atoms. The lowest BCUT2D eigenvalue weighted by molar-refractivity contribution is -0.113. The number of nitrogens with two attached hydrogens (primary N) is 1. The zero-order valence-corrected chi connectivity index (χ0v) is 12.1. The Hall–Kier alpha value is -1.85. The van der Waals surface area contributed by atoms with E-state index >= 15 is 0 Å². The van der Waals surface area contributed by atoms with Gasteiger partial charge in [-0.15, -0.1) is 0 Å². The van der Waals surface area contributed by atoms with Crippen LogP contribution in [-0.2, 0) is 15.6 Å². The van der Waals surface area contributed by atoms with E-state index < -0.39 is 10.8 Å². The van der Waals surface area contributed by atoms with Crippen molar-refractivity contribution in [2.24, 2.45) is 0 Å². The van der Waals surface area contributed by atoms with Crippen LogP contribution in [0.3, 0.4) is 0 Å². The number of carbonyl (C=O) groups is 1. The second kappa shape index (κ2) is 6.54. The monoisotopic (exact) mass is 308 g/mol. The molecule has 0 aliphatic carbocycles. The van der Waals surface area contributed by atoms with Gasteiger partial charge in [0.15, 0.2) is 0 Å². The maximum Gasteiger partial charge on any atom is 0.237 e. The molecule has 0 saturated heterocycles. The fraction of sp³-hybridized carbons (Fsp3) is 0.0714. The van der Waals surface area contributed by atoms with Crippen molar-refractivity contribution >= 4 is 39.7 Å². The van der Waals surface area contributed by atoms with E-state index in [1.165, 1.54) is 6.07 Å². The Morgan fingerprint density at radius 1 is 1.20 bits per heavy atom. The van der Waals surface area contributed by atoms with E-state index in [-0.39, 0.29) is 11.7 Å². The summed E-state index contributed by atoms with van der Waals surface area (Å²) in [6.07, 6.45) is 0. The van der Waals surface area contributed by atoms with Gasteiger partial charge in [-0.25, -0.2) is 0 Å². The molecule has 0 aliphatic heterocycles. The zero-order valence-electron chi connectivity index (χ0n) is 10.5. The Labute approximate surface area is 124 Å². The van der Waals surface area contributed by atoms with E-state index in [9.17, 15) is 9.00 Å². The van der Waals surface area contributed by atoms with Crippen LogP contribution in [0.15, 0.2) is 53.4 Å². The summed E-state index contributed by atoms with van der Waals surface area (Å²) in [5.74, 6) is -0.447. The number of carbonyl (C=O) groups excluding carboxylic acids is 1. The smallest absolute Gasteiger partial charge is 0.237 e. The minimum absolute atomic E-state index is 0.130. The van der Waals surface area contributed by atoms with E-state index in [4.69, 9.17) is 17.3 Å². The Kier molecular flexibility index (Phi) is 4.76. The van der Waals surface area contributed by atoms with Crippen molar-refractivity contribution in [1.82, 2.24) is 0 Å². The number of anilines is 2. The van der Waals surface area contributed by atoms with Crippen LogP contribution in [0.1, 0.15) is 0 Å². The number of amides is 1. The summed E-state index contributed by atoms with van der Waals surface area (Å²) in [6, 6.07) is 13.7. The molecule has 3 N–H and O–H groups in total. The third-order valence-corrected chi connectivity index (χ3v) is 4.19. The molecule has 1 atom stereocenters. The SMILES string of the molecule is Nc1ccc(S(=O)CC(=O)Nc2ccccc2)cc1Cl. The first kappa shape index (κ1) is 14.6. The van der Waals surface area contributed by atoms with Gasteiger partial charge in [0.1, 0.15) is 5.75 Å². The number of para-hydroxylation sites is 1. The molecule has 0 aliphatic rings. The second-order valence-electron chi connectivity index (χ2n) is 4.09. The van der Waals surface area contributed by atoms with Gasteiger partial charge < -0.3 is 11.1 Å². The molecule has 0 heterocycles. The van der Waals surface area contributed by atoms with Gasteiger partial charge >= 0.3 is 0 Å². The van der Waals surface area contributed by atoms with Crippen molar-refractivity contribution in [2.75, 3.05) is 16.8 Å². The van der Waals surface area contributed by atoms with E-state index in [0.717, 1.165) is 0 Å². The zero-order chi connectivity index (χ0) is 14.5. The van der Waals surface area contributed by atoms with Crippen LogP contribution in [-0.4, -0.2) is 15.9 Å². The van der Waals surface area contributed by atoms with E-state index in [2.05, 4.69) is 5.32 Å². The summed E-state index contributed by atoms with van der Waals surface area (Å²) in [4.78, 5) is 12.3. The molecule has 6 heteroatoms. The Balaban J connectivity index is 2.00. The van der Waals surface area contributed by atoms with Crippen LogP contribution < -0.4 is 11.1 Å². The van der Waals surface area contributed by atoms with Crippen LogP contribution in [0.25, 0.3) is 0 Å². The molecular formula is C14H13ClN2O2S. The van der Waals surface area contributed by atoms with Crippen LogP contribution in [0.2, 0.25) is 5.02 Å². The molecule has 0 radical (unpaired) electrons. The minimum atomic E-state index is -1.46. The summed E-state index contributed by atoms with van der Waals surface area (Å²) < 4.78 is 12.1. The maximum atomic E-state index is 12.1. The quantitative estimate of drug-likeness (QED) is 0.853. The fourth-order valence-corrected chi connectivity index (χ4v) is 2.76. The predicted molar refractivity (Wildman–Crippen MR) is 82.2 cm³/mol. The lowest BCUT2D eigenvalue weighted by atomic mass is 10.3. The highest BCUT2D eigenvalue weighted by Gasteiger charge is 2.11. The van der Waals surface area contributed by atoms with Gasteiger partial charge in [-0.3, -0.25) is 9.00 Å².